The summed E-state index contributed by atoms with van der Waals surface area (Å²) in [6.07, 6.45) is 10.3. The Balaban J connectivity index is 1.46. The van der Waals surface area contributed by atoms with E-state index in [1.165, 1.54) is 31.1 Å². The molecular formula is C17H17N5O2. The molecule has 0 saturated heterocycles. The van der Waals surface area contributed by atoms with Crippen molar-refractivity contribution in [3.05, 3.63) is 54.5 Å². The molecule has 1 saturated carbocycles. The van der Waals surface area contributed by atoms with E-state index in [9.17, 15) is 4.79 Å². The monoisotopic (exact) mass is 323 g/mol. The van der Waals surface area contributed by atoms with Crippen LogP contribution in [-0.2, 0) is 6.54 Å². The number of carbonyl (C=O) groups excluding carboxylic acids is 1. The van der Waals surface area contributed by atoms with Crippen LogP contribution in [0.2, 0.25) is 0 Å². The molecule has 0 aromatic carbocycles. The zero-order valence-corrected chi connectivity index (χ0v) is 13.1. The molecular weight excluding hydrogens is 306 g/mol. The third-order valence-corrected chi connectivity index (χ3v) is 4.02. The number of hydrogen-bond donors (Lipinski definition) is 1. The quantitative estimate of drug-likeness (QED) is 0.752. The number of nitrogens with zero attached hydrogens (tertiary/aromatic N) is 4. The van der Waals surface area contributed by atoms with Gasteiger partial charge in [-0.25, -0.2) is 0 Å². The van der Waals surface area contributed by atoms with Crippen LogP contribution in [0.25, 0.3) is 11.4 Å². The second kappa shape index (κ2) is 6.27. The molecule has 1 amide bonds. The highest BCUT2D eigenvalue weighted by Crippen LogP contribution is 2.41. The van der Waals surface area contributed by atoms with Gasteiger partial charge in [0.25, 0.3) is 5.91 Å². The van der Waals surface area contributed by atoms with Crippen molar-refractivity contribution in [2.24, 2.45) is 0 Å². The Labute approximate surface area is 138 Å². The molecule has 24 heavy (non-hydrogen) atoms. The lowest BCUT2D eigenvalue weighted by Crippen LogP contribution is -2.27. The van der Waals surface area contributed by atoms with Gasteiger partial charge < -0.3 is 9.73 Å². The van der Waals surface area contributed by atoms with Gasteiger partial charge in [0.05, 0.1) is 24.6 Å². The lowest BCUT2D eigenvalue weighted by atomic mass is 10.2. The summed E-state index contributed by atoms with van der Waals surface area (Å²) < 4.78 is 6.89. The molecule has 0 aliphatic heterocycles. The first-order valence-corrected chi connectivity index (χ1v) is 7.96. The van der Waals surface area contributed by atoms with Crippen molar-refractivity contribution >= 4 is 5.91 Å². The summed E-state index contributed by atoms with van der Waals surface area (Å²) in [5, 5.41) is 7.53. The number of hydrogen-bond acceptors (Lipinski definition) is 5. The molecule has 0 unspecified atom stereocenters. The van der Waals surface area contributed by atoms with Crippen molar-refractivity contribution in [1.82, 2.24) is 25.1 Å². The van der Waals surface area contributed by atoms with Gasteiger partial charge in [0.15, 0.2) is 0 Å². The molecule has 1 fully saturated rings. The number of nitrogens with one attached hydrogen (secondary N) is 1. The first kappa shape index (κ1) is 14.6. The predicted molar refractivity (Wildman–Crippen MR) is 86.3 cm³/mol. The highest BCUT2D eigenvalue weighted by atomic mass is 16.3. The summed E-state index contributed by atoms with van der Waals surface area (Å²) in [4.78, 5) is 20.3. The van der Waals surface area contributed by atoms with Gasteiger partial charge in [0.1, 0.15) is 17.7 Å². The fourth-order valence-corrected chi connectivity index (χ4v) is 2.65. The Bertz CT molecular complexity index is 822. The van der Waals surface area contributed by atoms with E-state index in [0.29, 0.717) is 24.6 Å². The maximum absolute atomic E-state index is 11.9. The second-order valence-corrected chi connectivity index (χ2v) is 5.81. The zero-order chi connectivity index (χ0) is 16.4. The molecule has 7 nitrogen and oxygen atoms in total. The van der Waals surface area contributed by atoms with Gasteiger partial charge in [-0.15, -0.1) is 0 Å². The summed E-state index contributed by atoms with van der Waals surface area (Å²) in [6, 6.07) is 3.73. The lowest BCUT2D eigenvalue weighted by Gasteiger charge is -2.07. The van der Waals surface area contributed by atoms with E-state index in [4.69, 9.17) is 4.42 Å². The molecule has 0 bridgehead atoms. The Morgan fingerprint density at radius 3 is 2.96 bits per heavy atom. The van der Waals surface area contributed by atoms with E-state index in [2.05, 4.69) is 26.4 Å². The van der Waals surface area contributed by atoms with E-state index in [1.807, 2.05) is 4.68 Å². The molecule has 7 heteroatoms. The minimum Gasteiger partial charge on any atom is -0.472 e. The minimum absolute atomic E-state index is 0.141. The van der Waals surface area contributed by atoms with Crippen molar-refractivity contribution in [2.75, 3.05) is 6.54 Å². The van der Waals surface area contributed by atoms with E-state index in [-0.39, 0.29) is 5.91 Å². The average molecular weight is 323 g/mol. The smallest absolute Gasteiger partial charge is 0.254 e. The van der Waals surface area contributed by atoms with Crippen LogP contribution in [0, 0.1) is 0 Å². The average Bonchev–Trinajstić information content (AvgIpc) is 3.14. The van der Waals surface area contributed by atoms with Crippen molar-refractivity contribution in [2.45, 2.75) is 25.3 Å². The summed E-state index contributed by atoms with van der Waals surface area (Å²) >= 11 is 0. The first-order valence-electron chi connectivity index (χ1n) is 7.96. The topological polar surface area (TPSA) is 85.8 Å². The molecule has 122 valence electrons. The normalized spacial score (nSPS) is 13.8. The van der Waals surface area contributed by atoms with E-state index in [1.54, 1.807) is 24.7 Å². The van der Waals surface area contributed by atoms with Gasteiger partial charge in [0.2, 0.25) is 0 Å². The highest BCUT2D eigenvalue weighted by molar-refractivity contribution is 5.93. The van der Waals surface area contributed by atoms with Crippen LogP contribution in [-0.4, -0.2) is 32.2 Å². The molecule has 3 aromatic rings. The summed E-state index contributed by atoms with van der Waals surface area (Å²) in [5.41, 5.74) is 3.32. The van der Waals surface area contributed by atoms with Crippen LogP contribution >= 0.6 is 0 Å². The fraction of sp³-hybridized carbons (Fsp3) is 0.294. The van der Waals surface area contributed by atoms with Crippen molar-refractivity contribution < 1.29 is 9.21 Å². The largest absolute Gasteiger partial charge is 0.472 e. The Hall–Kier alpha value is -2.96. The molecule has 0 radical (unpaired) electrons. The molecule has 3 aromatic heterocycles. The Morgan fingerprint density at radius 2 is 2.25 bits per heavy atom. The lowest BCUT2D eigenvalue weighted by molar-refractivity contribution is 0.0951. The third-order valence-electron chi connectivity index (χ3n) is 4.02. The van der Waals surface area contributed by atoms with Gasteiger partial charge in [-0.2, -0.15) is 5.10 Å². The van der Waals surface area contributed by atoms with Gasteiger partial charge in [0, 0.05) is 30.6 Å². The maximum atomic E-state index is 11.9. The minimum atomic E-state index is -0.141. The van der Waals surface area contributed by atoms with Crippen LogP contribution in [0.4, 0.5) is 0 Å². The van der Waals surface area contributed by atoms with Crippen LogP contribution in [0.15, 0.2) is 47.7 Å². The number of aromatic nitrogens is 4. The molecule has 1 aliphatic rings. The summed E-state index contributed by atoms with van der Waals surface area (Å²) in [7, 11) is 0. The number of furan rings is 1. The molecule has 0 spiro atoms. The molecule has 1 aliphatic carbocycles. The summed E-state index contributed by atoms with van der Waals surface area (Å²) in [6.45, 7) is 1.13. The van der Waals surface area contributed by atoms with Gasteiger partial charge in [-0.05, 0) is 25.0 Å². The fourth-order valence-electron chi connectivity index (χ4n) is 2.65. The standard InChI is InChI=1S/C17H17N5O2/c23-17(13-3-8-24-11-13)20-6-7-22-16(12-1-2-12)9-14(21-22)15-10-18-4-5-19-15/h3-5,8-12H,1-2,6-7H2,(H,20,23). The van der Waals surface area contributed by atoms with E-state index < -0.39 is 0 Å². The number of rotatable bonds is 6. The predicted octanol–water partition coefficient (Wildman–Crippen LogP) is 2.24. The number of carbonyl (C=O) groups is 1. The highest BCUT2D eigenvalue weighted by Gasteiger charge is 2.28. The van der Waals surface area contributed by atoms with Gasteiger partial charge >= 0.3 is 0 Å². The summed E-state index contributed by atoms with van der Waals surface area (Å²) in [5.74, 6) is 0.422. The van der Waals surface area contributed by atoms with Crippen molar-refractivity contribution in [3.8, 4) is 11.4 Å². The molecule has 4 rings (SSSR count). The molecule has 1 N–H and O–H groups in total. The van der Waals surface area contributed by atoms with Crippen LogP contribution in [0.3, 0.4) is 0 Å². The third kappa shape index (κ3) is 3.05. The zero-order valence-electron chi connectivity index (χ0n) is 13.1. The molecule has 3 heterocycles. The van der Waals surface area contributed by atoms with Crippen LogP contribution in [0.1, 0.15) is 34.8 Å². The van der Waals surface area contributed by atoms with Crippen LogP contribution < -0.4 is 5.32 Å². The Kier molecular flexibility index (Phi) is 3.82. The van der Waals surface area contributed by atoms with Crippen molar-refractivity contribution in [3.63, 3.8) is 0 Å². The van der Waals surface area contributed by atoms with Crippen molar-refractivity contribution in [1.29, 1.82) is 0 Å². The number of amides is 1. The maximum Gasteiger partial charge on any atom is 0.254 e. The van der Waals surface area contributed by atoms with Gasteiger partial charge in [-0.1, -0.05) is 0 Å². The van der Waals surface area contributed by atoms with Gasteiger partial charge in [-0.3, -0.25) is 19.4 Å². The van der Waals surface area contributed by atoms with E-state index >= 15 is 0 Å². The van der Waals surface area contributed by atoms with E-state index in [0.717, 1.165) is 11.4 Å². The first-order chi connectivity index (χ1) is 11.8. The van der Waals surface area contributed by atoms with Crippen LogP contribution in [0.5, 0.6) is 0 Å². The Morgan fingerprint density at radius 1 is 1.33 bits per heavy atom. The molecule has 0 atom stereocenters. The second-order valence-electron chi connectivity index (χ2n) is 5.81. The SMILES string of the molecule is O=C(NCCn1nc(-c2cnccn2)cc1C1CC1)c1ccoc1.